The second kappa shape index (κ2) is 7.11. The molecule has 1 atom stereocenters. The number of aromatic nitrogens is 3. The number of hydrogen-bond donors (Lipinski definition) is 2. The van der Waals surface area contributed by atoms with E-state index in [0.717, 1.165) is 25.9 Å². The molecule has 0 bridgehead atoms. The Kier molecular flexibility index (Phi) is 4.67. The molecule has 7 nitrogen and oxygen atoms in total. The van der Waals surface area contributed by atoms with Crippen LogP contribution >= 0.6 is 0 Å². The van der Waals surface area contributed by atoms with E-state index in [4.69, 9.17) is 11.5 Å². The van der Waals surface area contributed by atoms with Gasteiger partial charge < -0.3 is 21.3 Å². The maximum atomic E-state index is 14.8. The van der Waals surface area contributed by atoms with Gasteiger partial charge in [0.2, 0.25) is 11.9 Å². The van der Waals surface area contributed by atoms with Crippen LogP contribution in [0.5, 0.6) is 0 Å². The number of benzene rings is 1. The third-order valence-corrected chi connectivity index (χ3v) is 5.52. The SMILES string of the molecule is Nc1nc(N)n(-c2ccc(N3CCCC(N4CCCC4)CC3)c(F)c2)n1. The zero-order valence-corrected chi connectivity index (χ0v) is 14.9. The Morgan fingerprint density at radius 3 is 2.50 bits per heavy atom. The molecule has 0 aliphatic carbocycles. The Hall–Kier alpha value is -2.35. The van der Waals surface area contributed by atoms with Crippen LogP contribution in [0, 0.1) is 5.82 Å². The molecule has 1 unspecified atom stereocenters. The Morgan fingerprint density at radius 1 is 1.00 bits per heavy atom. The summed E-state index contributed by atoms with van der Waals surface area (Å²) in [5, 5.41) is 4.01. The van der Waals surface area contributed by atoms with Crippen LogP contribution in [0.3, 0.4) is 0 Å². The van der Waals surface area contributed by atoms with Crippen molar-refractivity contribution in [2.24, 2.45) is 0 Å². The third-order valence-electron chi connectivity index (χ3n) is 5.52. The van der Waals surface area contributed by atoms with Crippen LogP contribution < -0.4 is 16.4 Å². The molecule has 1 aromatic carbocycles. The molecule has 3 heterocycles. The van der Waals surface area contributed by atoms with E-state index in [2.05, 4.69) is 19.9 Å². The number of anilines is 3. The minimum absolute atomic E-state index is 0.0763. The third kappa shape index (κ3) is 3.33. The zero-order valence-electron chi connectivity index (χ0n) is 14.9. The Balaban J connectivity index is 1.50. The van der Waals surface area contributed by atoms with Crippen molar-refractivity contribution in [3.63, 3.8) is 0 Å². The van der Waals surface area contributed by atoms with Gasteiger partial charge in [0.1, 0.15) is 5.82 Å². The van der Waals surface area contributed by atoms with Gasteiger partial charge in [-0.2, -0.15) is 9.67 Å². The van der Waals surface area contributed by atoms with Gasteiger partial charge in [-0.25, -0.2) is 4.39 Å². The molecule has 1 aromatic heterocycles. The van der Waals surface area contributed by atoms with Crippen molar-refractivity contribution in [1.82, 2.24) is 19.7 Å². The normalized spacial score (nSPS) is 21.9. The van der Waals surface area contributed by atoms with Crippen molar-refractivity contribution in [3.05, 3.63) is 24.0 Å². The van der Waals surface area contributed by atoms with E-state index in [9.17, 15) is 4.39 Å². The highest BCUT2D eigenvalue weighted by atomic mass is 19.1. The number of likely N-dealkylation sites (tertiary alicyclic amines) is 1. The van der Waals surface area contributed by atoms with Crippen molar-refractivity contribution in [2.45, 2.75) is 38.1 Å². The topological polar surface area (TPSA) is 89.2 Å². The van der Waals surface area contributed by atoms with Crippen LogP contribution in [0.2, 0.25) is 0 Å². The minimum atomic E-state index is -0.268. The summed E-state index contributed by atoms with van der Waals surface area (Å²) in [5.74, 6) is -0.0408. The molecule has 0 saturated carbocycles. The Morgan fingerprint density at radius 2 is 1.81 bits per heavy atom. The average Bonchev–Trinajstić information content (AvgIpc) is 3.19. The van der Waals surface area contributed by atoms with Crippen molar-refractivity contribution in [2.75, 3.05) is 42.5 Å². The van der Waals surface area contributed by atoms with E-state index in [1.165, 1.54) is 43.1 Å². The molecule has 4 rings (SSSR count). The fourth-order valence-electron chi connectivity index (χ4n) is 4.21. The summed E-state index contributed by atoms with van der Waals surface area (Å²) in [6.07, 6.45) is 6.01. The number of nitrogens with zero attached hydrogens (tertiary/aromatic N) is 5. The van der Waals surface area contributed by atoms with E-state index in [-0.39, 0.29) is 17.7 Å². The molecule has 2 aliphatic rings. The van der Waals surface area contributed by atoms with E-state index in [1.807, 2.05) is 6.07 Å². The van der Waals surface area contributed by atoms with Crippen molar-refractivity contribution < 1.29 is 4.39 Å². The highest BCUT2D eigenvalue weighted by Gasteiger charge is 2.25. The summed E-state index contributed by atoms with van der Waals surface area (Å²) >= 11 is 0. The summed E-state index contributed by atoms with van der Waals surface area (Å²) in [5.41, 5.74) is 12.5. The van der Waals surface area contributed by atoms with Gasteiger partial charge in [0.15, 0.2) is 0 Å². The number of nitrogen functional groups attached to an aromatic ring is 2. The van der Waals surface area contributed by atoms with E-state index in [0.29, 0.717) is 17.4 Å². The summed E-state index contributed by atoms with van der Waals surface area (Å²) in [4.78, 5) is 8.63. The number of nitrogens with two attached hydrogens (primary N) is 2. The molecule has 2 fully saturated rings. The van der Waals surface area contributed by atoms with Crippen LogP contribution in [0.1, 0.15) is 32.1 Å². The number of halogens is 1. The highest BCUT2D eigenvalue weighted by Crippen LogP contribution is 2.28. The molecular formula is C18H26FN7. The van der Waals surface area contributed by atoms with Crippen LogP contribution in [-0.4, -0.2) is 51.9 Å². The summed E-state index contributed by atoms with van der Waals surface area (Å²) in [6, 6.07) is 5.70. The highest BCUT2D eigenvalue weighted by molar-refractivity contribution is 5.53. The van der Waals surface area contributed by atoms with Gasteiger partial charge in [0.25, 0.3) is 0 Å². The van der Waals surface area contributed by atoms with Gasteiger partial charge in [-0.05, 0) is 57.3 Å². The largest absolute Gasteiger partial charge is 0.369 e. The second-order valence-electron chi connectivity index (χ2n) is 7.19. The monoisotopic (exact) mass is 359 g/mol. The lowest BCUT2D eigenvalue weighted by Crippen LogP contribution is -2.34. The van der Waals surface area contributed by atoms with Gasteiger partial charge in [-0.1, -0.05) is 0 Å². The van der Waals surface area contributed by atoms with Crippen LogP contribution in [0.4, 0.5) is 22.0 Å². The fraction of sp³-hybridized carbons (Fsp3) is 0.556. The molecule has 0 radical (unpaired) electrons. The minimum Gasteiger partial charge on any atom is -0.369 e. The predicted octanol–water partition coefficient (Wildman–Crippen LogP) is 2.03. The van der Waals surface area contributed by atoms with E-state index in [1.54, 1.807) is 6.07 Å². The second-order valence-corrected chi connectivity index (χ2v) is 7.19. The fourth-order valence-corrected chi connectivity index (χ4v) is 4.21. The van der Waals surface area contributed by atoms with Crippen LogP contribution in [0.25, 0.3) is 5.69 Å². The molecular weight excluding hydrogens is 333 g/mol. The van der Waals surface area contributed by atoms with Gasteiger partial charge in [0.05, 0.1) is 11.4 Å². The first-order valence-corrected chi connectivity index (χ1v) is 9.39. The molecule has 140 valence electrons. The Bertz CT molecular complexity index is 769. The molecule has 8 heteroatoms. The maximum Gasteiger partial charge on any atom is 0.241 e. The van der Waals surface area contributed by atoms with E-state index >= 15 is 0 Å². The molecule has 4 N–H and O–H groups in total. The lowest BCUT2D eigenvalue weighted by Gasteiger charge is -2.27. The Labute approximate surface area is 152 Å². The summed E-state index contributed by atoms with van der Waals surface area (Å²) in [6.45, 7) is 4.21. The lowest BCUT2D eigenvalue weighted by atomic mass is 10.1. The summed E-state index contributed by atoms with van der Waals surface area (Å²) in [7, 11) is 0. The van der Waals surface area contributed by atoms with Crippen LogP contribution in [0.15, 0.2) is 18.2 Å². The van der Waals surface area contributed by atoms with Crippen molar-refractivity contribution >= 4 is 17.6 Å². The molecule has 0 spiro atoms. The number of rotatable bonds is 3. The average molecular weight is 359 g/mol. The van der Waals surface area contributed by atoms with Crippen LogP contribution in [-0.2, 0) is 0 Å². The smallest absolute Gasteiger partial charge is 0.241 e. The maximum absolute atomic E-state index is 14.8. The lowest BCUT2D eigenvalue weighted by molar-refractivity contribution is 0.225. The van der Waals surface area contributed by atoms with Crippen molar-refractivity contribution in [1.29, 1.82) is 0 Å². The van der Waals surface area contributed by atoms with Gasteiger partial charge in [-0.15, -0.1) is 5.10 Å². The molecule has 0 amide bonds. The van der Waals surface area contributed by atoms with Gasteiger partial charge in [0, 0.05) is 25.2 Å². The molecule has 2 aromatic rings. The molecule has 26 heavy (non-hydrogen) atoms. The van der Waals surface area contributed by atoms with Crippen molar-refractivity contribution in [3.8, 4) is 5.69 Å². The first-order valence-electron chi connectivity index (χ1n) is 9.39. The number of hydrogen-bond acceptors (Lipinski definition) is 6. The molecule has 2 aliphatic heterocycles. The molecule has 2 saturated heterocycles. The predicted molar refractivity (Wildman–Crippen MR) is 101 cm³/mol. The van der Waals surface area contributed by atoms with Gasteiger partial charge >= 0.3 is 0 Å². The van der Waals surface area contributed by atoms with Gasteiger partial charge in [-0.3, -0.25) is 0 Å². The quantitative estimate of drug-likeness (QED) is 0.872. The summed E-state index contributed by atoms with van der Waals surface area (Å²) < 4.78 is 16.2. The first-order chi connectivity index (χ1) is 12.6. The van der Waals surface area contributed by atoms with E-state index < -0.39 is 0 Å². The first kappa shape index (κ1) is 17.1. The standard InChI is InChI=1S/C18H26FN7/c19-15-12-14(26-18(21)22-17(20)23-26)5-6-16(15)25-10-3-4-13(7-11-25)24-8-1-2-9-24/h5-6,12-13H,1-4,7-11H2,(H4,20,21,22,23). The zero-order chi connectivity index (χ0) is 18.1.